The van der Waals surface area contributed by atoms with Gasteiger partial charge in [0.25, 0.3) is 0 Å². The molecule has 0 fully saturated rings. The number of hydrogen-bond donors (Lipinski definition) is 1. The van der Waals surface area contributed by atoms with Crippen LogP contribution in [0, 0.1) is 5.92 Å². The summed E-state index contributed by atoms with van der Waals surface area (Å²) in [6, 6.07) is 0. The van der Waals surface area contributed by atoms with E-state index in [1.165, 1.54) is 7.11 Å². The maximum atomic E-state index is 10.7. The maximum absolute atomic E-state index is 10.7. The standard InChI is InChI=1S/C9H15NO3S/c1-4-5-14-6-7(2)8(9(11)12)10-13-3/h4,7H,1,5-6H2,2-3H3,(H,11,12). The van der Waals surface area contributed by atoms with Crippen LogP contribution < -0.4 is 0 Å². The zero-order chi connectivity index (χ0) is 11.0. The lowest BCUT2D eigenvalue weighted by Gasteiger charge is -2.08. The SMILES string of the molecule is C=CCSCC(C)C(=NOC)C(=O)O. The van der Waals surface area contributed by atoms with Crippen molar-refractivity contribution >= 4 is 23.4 Å². The monoisotopic (exact) mass is 217 g/mol. The number of oxime groups is 1. The van der Waals surface area contributed by atoms with Gasteiger partial charge in [0, 0.05) is 17.4 Å². The minimum Gasteiger partial charge on any atom is -0.477 e. The number of aliphatic carboxylic acids is 1. The van der Waals surface area contributed by atoms with Crippen molar-refractivity contribution in [2.75, 3.05) is 18.6 Å². The van der Waals surface area contributed by atoms with Crippen LogP contribution in [0.15, 0.2) is 17.8 Å². The first-order valence-electron chi connectivity index (χ1n) is 4.16. The highest BCUT2D eigenvalue weighted by Gasteiger charge is 2.18. The number of hydrogen-bond acceptors (Lipinski definition) is 4. The largest absolute Gasteiger partial charge is 0.477 e. The smallest absolute Gasteiger partial charge is 0.353 e. The molecule has 1 N–H and O–H groups in total. The van der Waals surface area contributed by atoms with E-state index >= 15 is 0 Å². The van der Waals surface area contributed by atoms with Gasteiger partial charge >= 0.3 is 5.97 Å². The Hall–Kier alpha value is -0.970. The summed E-state index contributed by atoms with van der Waals surface area (Å²) in [4.78, 5) is 15.2. The van der Waals surface area contributed by atoms with E-state index in [2.05, 4.69) is 16.6 Å². The molecule has 0 bridgehead atoms. The number of carboxylic acid groups (broad SMARTS) is 1. The van der Waals surface area contributed by atoms with Gasteiger partial charge < -0.3 is 9.94 Å². The van der Waals surface area contributed by atoms with Crippen molar-refractivity contribution < 1.29 is 14.7 Å². The van der Waals surface area contributed by atoms with Gasteiger partial charge in [-0.1, -0.05) is 18.2 Å². The van der Waals surface area contributed by atoms with Crippen LogP contribution in [-0.4, -0.2) is 35.4 Å². The van der Waals surface area contributed by atoms with Crippen LogP contribution in [0.1, 0.15) is 6.92 Å². The molecule has 4 nitrogen and oxygen atoms in total. The summed E-state index contributed by atoms with van der Waals surface area (Å²) in [5, 5.41) is 12.3. The predicted molar refractivity (Wildman–Crippen MR) is 58.8 cm³/mol. The van der Waals surface area contributed by atoms with Crippen LogP contribution in [0.4, 0.5) is 0 Å². The molecule has 0 aromatic rings. The minimum atomic E-state index is -1.03. The summed E-state index contributed by atoms with van der Waals surface area (Å²) in [6.07, 6.45) is 1.78. The van der Waals surface area contributed by atoms with Crippen LogP contribution in [0.3, 0.4) is 0 Å². The van der Waals surface area contributed by atoms with Crippen LogP contribution in [0.2, 0.25) is 0 Å². The van der Waals surface area contributed by atoms with Gasteiger partial charge in [-0.2, -0.15) is 11.8 Å². The molecular weight excluding hydrogens is 202 g/mol. The highest BCUT2D eigenvalue weighted by atomic mass is 32.2. The number of carbonyl (C=O) groups is 1. The molecule has 1 unspecified atom stereocenters. The Morgan fingerprint density at radius 2 is 2.43 bits per heavy atom. The number of rotatable bonds is 7. The second kappa shape index (κ2) is 7.44. The van der Waals surface area contributed by atoms with E-state index in [4.69, 9.17) is 5.11 Å². The Bertz CT molecular complexity index is 228. The number of nitrogens with zero attached hydrogens (tertiary/aromatic N) is 1. The van der Waals surface area contributed by atoms with Gasteiger partial charge in [0.15, 0.2) is 5.71 Å². The average molecular weight is 217 g/mol. The summed E-state index contributed by atoms with van der Waals surface area (Å²) < 4.78 is 0. The predicted octanol–water partition coefficient (Wildman–Crippen LogP) is 1.63. The lowest BCUT2D eigenvalue weighted by atomic mass is 10.1. The molecule has 0 aliphatic carbocycles. The first-order chi connectivity index (χ1) is 6.63. The van der Waals surface area contributed by atoms with Crippen molar-refractivity contribution in [1.29, 1.82) is 0 Å². The van der Waals surface area contributed by atoms with Crippen molar-refractivity contribution in [2.24, 2.45) is 11.1 Å². The molecule has 0 saturated carbocycles. The molecule has 0 saturated heterocycles. The van der Waals surface area contributed by atoms with Gasteiger partial charge in [0.2, 0.25) is 0 Å². The zero-order valence-electron chi connectivity index (χ0n) is 8.40. The van der Waals surface area contributed by atoms with Crippen LogP contribution >= 0.6 is 11.8 Å². The molecule has 14 heavy (non-hydrogen) atoms. The summed E-state index contributed by atoms with van der Waals surface area (Å²) in [7, 11) is 1.34. The average Bonchev–Trinajstić information content (AvgIpc) is 2.13. The molecule has 1 atom stereocenters. The number of thioether (sulfide) groups is 1. The van der Waals surface area contributed by atoms with E-state index < -0.39 is 5.97 Å². The summed E-state index contributed by atoms with van der Waals surface area (Å²) in [5.74, 6) is 0.348. The Morgan fingerprint density at radius 3 is 2.86 bits per heavy atom. The normalized spacial score (nSPS) is 13.4. The highest BCUT2D eigenvalue weighted by molar-refractivity contribution is 7.99. The van der Waals surface area contributed by atoms with Gasteiger partial charge in [-0.3, -0.25) is 0 Å². The molecule has 0 radical (unpaired) electrons. The maximum Gasteiger partial charge on any atom is 0.353 e. The van der Waals surface area contributed by atoms with Crippen molar-refractivity contribution in [1.82, 2.24) is 0 Å². The Kier molecular flexibility index (Phi) is 6.92. The molecule has 0 spiro atoms. The lowest BCUT2D eigenvalue weighted by molar-refractivity contribution is -0.129. The summed E-state index contributed by atoms with van der Waals surface area (Å²) in [5.41, 5.74) is 0.0593. The summed E-state index contributed by atoms with van der Waals surface area (Å²) >= 11 is 1.62. The van der Waals surface area contributed by atoms with Gasteiger partial charge in [0.1, 0.15) is 7.11 Å². The molecule has 0 amide bonds. The van der Waals surface area contributed by atoms with E-state index in [0.717, 1.165) is 5.75 Å². The molecule has 0 aliphatic rings. The minimum absolute atomic E-state index is 0.0593. The third kappa shape index (κ3) is 4.91. The van der Waals surface area contributed by atoms with E-state index in [9.17, 15) is 4.79 Å². The molecular formula is C9H15NO3S. The molecule has 80 valence electrons. The van der Waals surface area contributed by atoms with Gasteiger partial charge in [-0.25, -0.2) is 4.79 Å². The van der Waals surface area contributed by atoms with Crippen molar-refractivity contribution in [3.05, 3.63) is 12.7 Å². The van der Waals surface area contributed by atoms with E-state index in [1.54, 1.807) is 17.8 Å². The Balaban J connectivity index is 4.16. The second-order valence-corrected chi connectivity index (χ2v) is 3.77. The van der Waals surface area contributed by atoms with Crippen LogP contribution in [0.5, 0.6) is 0 Å². The van der Waals surface area contributed by atoms with Crippen LogP contribution in [-0.2, 0) is 9.63 Å². The molecule has 0 heterocycles. The third-order valence-corrected chi connectivity index (χ3v) is 2.69. The van der Waals surface area contributed by atoms with E-state index in [1.807, 2.05) is 6.92 Å². The first kappa shape index (κ1) is 13.0. The first-order valence-corrected chi connectivity index (χ1v) is 5.31. The van der Waals surface area contributed by atoms with E-state index in [-0.39, 0.29) is 11.6 Å². The van der Waals surface area contributed by atoms with Crippen molar-refractivity contribution in [3.8, 4) is 0 Å². The Morgan fingerprint density at radius 1 is 1.79 bits per heavy atom. The fourth-order valence-electron chi connectivity index (χ4n) is 0.845. The van der Waals surface area contributed by atoms with Crippen LogP contribution in [0.25, 0.3) is 0 Å². The lowest BCUT2D eigenvalue weighted by Crippen LogP contribution is -2.23. The van der Waals surface area contributed by atoms with Gasteiger partial charge in [-0.15, -0.1) is 6.58 Å². The fraction of sp³-hybridized carbons (Fsp3) is 0.556. The fourth-order valence-corrected chi connectivity index (χ4v) is 1.66. The molecule has 5 heteroatoms. The molecule has 0 rings (SSSR count). The third-order valence-electron chi connectivity index (χ3n) is 1.48. The molecule has 0 aromatic heterocycles. The quantitative estimate of drug-likeness (QED) is 0.305. The number of carboxylic acids is 1. The van der Waals surface area contributed by atoms with Crippen molar-refractivity contribution in [2.45, 2.75) is 6.92 Å². The molecule has 0 aliphatic heterocycles. The van der Waals surface area contributed by atoms with Gasteiger partial charge in [0.05, 0.1) is 0 Å². The summed E-state index contributed by atoms with van der Waals surface area (Å²) in [6.45, 7) is 5.39. The van der Waals surface area contributed by atoms with Crippen molar-refractivity contribution in [3.63, 3.8) is 0 Å². The Labute approximate surface area is 88.0 Å². The highest BCUT2D eigenvalue weighted by Crippen LogP contribution is 2.10. The second-order valence-electron chi connectivity index (χ2n) is 2.69. The van der Waals surface area contributed by atoms with E-state index in [0.29, 0.717) is 5.75 Å². The zero-order valence-corrected chi connectivity index (χ0v) is 9.21. The topological polar surface area (TPSA) is 58.9 Å². The molecule has 0 aromatic carbocycles. The van der Waals surface area contributed by atoms with Gasteiger partial charge in [-0.05, 0) is 0 Å².